The molecule has 0 aromatic heterocycles. The van der Waals surface area contributed by atoms with Gasteiger partial charge in [-0.2, -0.15) is 0 Å². The van der Waals surface area contributed by atoms with Crippen LogP contribution in [-0.2, 0) is 4.79 Å². The van der Waals surface area contributed by atoms with Gasteiger partial charge >= 0.3 is 0 Å². The van der Waals surface area contributed by atoms with Crippen molar-refractivity contribution in [3.05, 3.63) is 0 Å². The Morgan fingerprint density at radius 3 is 2.89 bits per heavy atom. The average Bonchev–Trinajstić information content (AvgIpc) is 2.64. The van der Waals surface area contributed by atoms with Crippen LogP contribution < -0.4 is 5.64 Å². The zero-order chi connectivity index (χ0) is 6.85. The SMILES string of the molecule is CC([B]N)C1CC1C=O. The Morgan fingerprint density at radius 2 is 2.56 bits per heavy atom. The lowest BCUT2D eigenvalue weighted by molar-refractivity contribution is -0.109. The van der Waals surface area contributed by atoms with E-state index < -0.39 is 0 Å². The lowest BCUT2D eigenvalue weighted by Gasteiger charge is -2.01. The number of aldehydes is 1. The molecule has 3 heteroatoms. The maximum atomic E-state index is 10.1. The van der Waals surface area contributed by atoms with Crippen LogP contribution in [-0.4, -0.2) is 13.7 Å². The molecule has 0 heterocycles. The monoisotopic (exact) mass is 124 g/mol. The first kappa shape index (κ1) is 6.81. The Morgan fingerprint density at radius 1 is 1.89 bits per heavy atom. The quantitative estimate of drug-likeness (QED) is 0.431. The highest BCUT2D eigenvalue weighted by Gasteiger charge is 2.39. The van der Waals surface area contributed by atoms with Crippen molar-refractivity contribution < 1.29 is 4.79 Å². The molecule has 1 radical (unpaired) electrons. The summed E-state index contributed by atoms with van der Waals surface area (Å²) >= 11 is 0. The minimum Gasteiger partial charge on any atom is -0.374 e. The standard InChI is InChI=1S/C6H11BNO/c1-4(7-8)6-2-5(6)3-9/h3-6H,2,8H2,1H3. The zero-order valence-electron chi connectivity index (χ0n) is 5.58. The lowest BCUT2D eigenvalue weighted by atomic mass is 9.74. The van der Waals surface area contributed by atoms with E-state index in [-0.39, 0.29) is 0 Å². The van der Waals surface area contributed by atoms with Crippen molar-refractivity contribution in [3.8, 4) is 0 Å². The smallest absolute Gasteiger partial charge is 0.205 e. The molecular weight excluding hydrogens is 113 g/mol. The third kappa shape index (κ3) is 1.33. The summed E-state index contributed by atoms with van der Waals surface area (Å²) in [6.45, 7) is 2.05. The van der Waals surface area contributed by atoms with Gasteiger partial charge in [0.1, 0.15) is 6.29 Å². The zero-order valence-corrected chi connectivity index (χ0v) is 5.58. The van der Waals surface area contributed by atoms with Crippen molar-refractivity contribution in [1.29, 1.82) is 0 Å². The van der Waals surface area contributed by atoms with E-state index in [4.69, 9.17) is 5.64 Å². The molecule has 9 heavy (non-hydrogen) atoms. The van der Waals surface area contributed by atoms with Gasteiger partial charge in [0.2, 0.25) is 7.41 Å². The fourth-order valence-corrected chi connectivity index (χ4v) is 1.14. The van der Waals surface area contributed by atoms with Crippen molar-refractivity contribution in [2.24, 2.45) is 17.5 Å². The number of hydrogen-bond donors (Lipinski definition) is 1. The van der Waals surface area contributed by atoms with Gasteiger partial charge in [-0.1, -0.05) is 12.7 Å². The molecular formula is C6H11BNO. The summed E-state index contributed by atoms with van der Waals surface area (Å²) in [5, 5.41) is 0. The maximum Gasteiger partial charge on any atom is 0.205 e. The Labute approximate surface area is 56.1 Å². The van der Waals surface area contributed by atoms with E-state index in [2.05, 4.69) is 0 Å². The number of carbonyl (C=O) groups excluding carboxylic acids is 1. The highest BCUT2D eigenvalue weighted by molar-refractivity contribution is 6.33. The Hall–Kier alpha value is -0.305. The Balaban J connectivity index is 2.24. The molecule has 1 rings (SSSR count). The summed E-state index contributed by atoms with van der Waals surface area (Å²) in [6, 6.07) is 0. The molecule has 0 spiro atoms. The molecule has 0 bridgehead atoms. The fourth-order valence-electron chi connectivity index (χ4n) is 1.14. The second kappa shape index (κ2) is 2.52. The molecule has 0 saturated heterocycles. The van der Waals surface area contributed by atoms with Crippen LogP contribution in [0.15, 0.2) is 0 Å². The fraction of sp³-hybridized carbons (Fsp3) is 0.833. The second-order valence-electron chi connectivity index (χ2n) is 2.75. The van der Waals surface area contributed by atoms with Crippen LogP contribution in [0.25, 0.3) is 0 Å². The van der Waals surface area contributed by atoms with Crippen molar-refractivity contribution in [2.75, 3.05) is 0 Å². The summed E-state index contributed by atoms with van der Waals surface area (Å²) in [5.41, 5.74) is 5.29. The first-order valence-corrected chi connectivity index (χ1v) is 3.30. The first-order valence-electron chi connectivity index (χ1n) is 3.30. The normalized spacial score (nSPS) is 35.3. The summed E-state index contributed by atoms with van der Waals surface area (Å²) in [5.74, 6) is 1.27. The lowest BCUT2D eigenvalue weighted by Crippen LogP contribution is -2.13. The van der Waals surface area contributed by atoms with E-state index in [1.807, 2.05) is 6.92 Å². The van der Waals surface area contributed by atoms with Gasteiger partial charge in [-0.15, -0.1) is 0 Å². The summed E-state index contributed by atoms with van der Waals surface area (Å²) in [6.07, 6.45) is 2.07. The second-order valence-corrected chi connectivity index (χ2v) is 2.75. The van der Waals surface area contributed by atoms with Crippen LogP contribution in [0.3, 0.4) is 0 Å². The van der Waals surface area contributed by atoms with Crippen molar-refractivity contribution in [1.82, 2.24) is 0 Å². The Kier molecular flexibility index (Phi) is 1.91. The van der Waals surface area contributed by atoms with Gasteiger partial charge in [-0.25, -0.2) is 0 Å². The van der Waals surface area contributed by atoms with Crippen LogP contribution in [0.1, 0.15) is 13.3 Å². The molecule has 1 fully saturated rings. The third-order valence-electron chi connectivity index (χ3n) is 2.04. The van der Waals surface area contributed by atoms with Gasteiger partial charge in [0, 0.05) is 5.92 Å². The predicted molar refractivity (Wildman–Crippen MR) is 37.0 cm³/mol. The number of hydrogen-bond acceptors (Lipinski definition) is 2. The van der Waals surface area contributed by atoms with Gasteiger partial charge in [-0.05, 0) is 12.3 Å². The van der Waals surface area contributed by atoms with Crippen molar-refractivity contribution in [2.45, 2.75) is 19.2 Å². The van der Waals surface area contributed by atoms with Crippen LogP contribution in [0.5, 0.6) is 0 Å². The molecule has 2 N–H and O–H groups in total. The van der Waals surface area contributed by atoms with Gasteiger partial charge in [0.25, 0.3) is 0 Å². The average molecular weight is 124 g/mol. The number of rotatable bonds is 3. The molecule has 0 aliphatic heterocycles. The third-order valence-corrected chi connectivity index (χ3v) is 2.04. The van der Waals surface area contributed by atoms with Crippen LogP contribution >= 0.6 is 0 Å². The largest absolute Gasteiger partial charge is 0.374 e. The molecule has 0 amide bonds. The summed E-state index contributed by atoms with van der Waals surface area (Å²) in [7, 11) is 1.67. The molecule has 1 saturated carbocycles. The Bertz CT molecular complexity index is 118. The summed E-state index contributed by atoms with van der Waals surface area (Å²) < 4.78 is 0. The van der Waals surface area contributed by atoms with Crippen LogP contribution in [0, 0.1) is 11.8 Å². The van der Waals surface area contributed by atoms with E-state index >= 15 is 0 Å². The molecule has 2 nitrogen and oxygen atoms in total. The highest BCUT2D eigenvalue weighted by atomic mass is 16.1. The van der Waals surface area contributed by atoms with E-state index in [0.29, 0.717) is 17.7 Å². The molecule has 0 aromatic rings. The molecule has 1 aliphatic rings. The van der Waals surface area contributed by atoms with Crippen molar-refractivity contribution in [3.63, 3.8) is 0 Å². The molecule has 49 valence electrons. The van der Waals surface area contributed by atoms with Gasteiger partial charge in [0.05, 0.1) is 0 Å². The van der Waals surface area contributed by atoms with Gasteiger partial charge < -0.3 is 10.4 Å². The van der Waals surface area contributed by atoms with E-state index in [1.165, 1.54) is 0 Å². The topological polar surface area (TPSA) is 43.1 Å². The number of nitrogens with two attached hydrogens (primary N) is 1. The van der Waals surface area contributed by atoms with E-state index in [1.54, 1.807) is 7.41 Å². The van der Waals surface area contributed by atoms with Gasteiger partial charge in [-0.3, -0.25) is 0 Å². The van der Waals surface area contributed by atoms with Crippen molar-refractivity contribution >= 4 is 13.7 Å². The van der Waals surface area contributed by atoms with E-state index in [0.717, 1.165) is 12.7 Å². The molecule has 3 unspecified atom stereocenters. The van der Waals surface area contributed by atoms with Crippen LogP contribution in [0.2, 0.25) is 5.82 Å². The first-order chi connectivity index (χ1) is 4.29. The number of carbonyl (C=O) groups is 1. The van der Waals surface area contributed by atoms with E-state index in [9.17, 15) is 4.79 Å². The molecule has 0 aromatic carbocycles. The predicted octanol–water partition coefficient (Wildman–Crippen LogP) is 0.208. The maximum absolute atomic E-state index is 10.1. The highest BCUT2D eigenvalue weighted by Crippen LogP contribution is 2.44. The minimum atomic E-state index is 0.305. The van der Waals surface area contributed by atoms with Gasteiger partial charge in [0.15, 0.2) is 0 Å². The van der Waals surface area contributed by atoms with Crippen LogP contribution in [0.4, 0.5) is 0 Å². The molecule has 1 aliphatic carbocycles. The minimum absolute atomic E-state index is 0.305. The molecule has 3 atom stereocenters. The summed E-state index contributed by atoms with van der Waals surface area (Å²) in [4.78, 5) is 10.1.